The van der Waals surface area contributed by atoms with Gasteiger partial charge in [-0.1, -0.05) is 0 Å². The molecule has 0 spiro atoms. The van der Waals surface area contributed by atoms with Crippen LogP contribution < -0.4 is 9.47 Å². The Morgan fingerprint density at radius 2 is 0.514 bits per heavy atom. The third-order valence-electron chi connectivity index (χ3n) is 5.63. The Hall–Kier alpha value is -3.67. The van der Waals surface area contributed by atoms with Gasteiger partial charge in [0.05, 0.1) is 43.6 Å². The van der Waals surface area contributed by atoms with E-state index in [2.05, 4.69) is 0 Å². The minimum atomic E-state index is -4.03. The molecule has 11 heteroatoms. The molecule has 0 bridgehead atoms. The van der Waals surface area contributed by atoms with Gasteiger partial charge >= 0.3 is 0 Å². The molecule has 4 rings (SSSR count). The molecule has 0 aliphatic carbocycles. The lowest BCUT2D eigenvalue weighted by molar-refractivity contribution is 0.414. The number of hydrogen-bond acceptors (Lipinski definition) is 8. The largest absolute Gasteiger partial charge is 0.497 e. The molecule has 0 fully saturated rings. The van der Waals surface area contributed by atoms with E-state index in [9.17, 15) is 25.3 Å². The molecule has 4 aromatic carbocycles. The van der Waals surface area contributed by atoms with Crippen molar-refractivity contribution in [3.63, 3.8) is 0 Å². The van der Waals surface area contributed by atoms with Crippen LogP contribution in [0.5, 0.6) is 11.5 Å². The highest BCUT2D eigenvalue weighted by Gasteiger charge is 2.23. The van der Waals surface area contributed by atoms with Gasteiger partial charge in [0.1, 0.15) is 11.5 Å². The molecular weight excluding hydrogens is 536 g/mol. The number of ether oxygens (including phenoxy) is 2. The Bertz CT molecular complexity index is 1600. The van der Waals surface area contributed by atoms with Crippen LogP contribution in [0, 0.1) is 0 Å². The molecule has 0 aliphatic heterocycles. The summed E-state index contributed by atoms with van der Waals surface area (Å²) in [6.07, 6.45) is 0. The highest BCUT2D eigenvalue weighted by Crippen LogP contribution is 2.28. The summed E-state index contributed by atoms with van der Waals surface area (Å²) in [5, 5.41) is 0. The minimum Gasteiger partial charge on any atom is -0.497 e. The molecular formula is C26H22O8S3. The lowest BCUT2D eigenvalue weighted by atomic mass is 10.3. The van der Waals surface area contributed by atoms with Crippen molar-refractivity contribution < 1.29 is 34.7 Å². The fraction of sp³-hybridized carbons (Fsp3) is 0.0769. The van der Waals surface area contributed by atoms with Gasteiger partial charge < -0.3 is 9.47 Å². The van der Waals surface area contributed by atoms with Crippen LogP contribution in [0.2, 0.25) is 0 Å². The van der Waals surface area contributed by atoms with Crippen LogP contribution >= 0.6 is 0 Å². The molecule has 0 N–H and O–H groups in total. The van der Waals surface area contributed by atoms with Crippen molar-refractivity contribution in [3.05, 3.63) is 97.1 Å². The zero-order valence-corrected chi connectivity index (χ0v) is 22.2. The Kier molecular flexibility index (Phi) is 7.13. The first kappa shape index (κ1) is 26.4. The first-order chi connectivity index (χ1) is 17.5. The summed E-state index contributed by atoms with van der Waals surface area (Å²) in [4.78, 5) is -0.330. The van der Waals surface area contributed by atoms with E-state index in [0.717, 1.165) is 0 Å². The molecule has 37 heavy (non-hydrogen) atoms. The molecule has 0 radical (unpaired) electrons. The van der Waals surface area contributed by atoms with Gasteiger partial charge in [0, 0.05) is 0 Å². The zero-order chi connectivity index (χ0) is 26.8. The first-order valence-corrected chi connectivity index (χ1v) is 15.2. The second kappa shape index (κ2) is 10.0. The summed E-state index contributed by atoms with van der Waals surface area (Å²) in [5.74, 6) is 1.01. The fourth-order valence-corrected chi connectivity index (χ4v) is 7.30. The van der Waals surface area contributed by atoms with Gasteiger partial charge in [-0.25, -0.2) is 25.3 Å². The average molecular weight is 559 g/mol. The van der Waals surface area contributed by atoms with E-state index in [1.54, 1.807) is 0 Å². The molecule has 8 nitrogen and oxygen atoms in total. The summed E-state index contributed by atoms with van der Waals surface area (Å²) in [5.41, 5.74) is 0. The van der Waals surface area contributed by atoms with Crippen molar-refractivity contribution in [1.29, 1.82) is 0 Å². The maximum absolute atomic E-state index is 13.1. The number of rotatable bonds is 8. The van der Waals surface area contributed by atoms with Crippen LogP contribution in [0.1, 0.15) is 0 Å². The monoisotopic (exact) mass is 558 g/mol. The van der Waals surface area contributed by atoms with Crippen molar-refractivity contribution in [2.45, 2.75) is 29.4 Å². The lowest BCUT2D eigenvalue weighted by Gasteiger charge is -2.09. The molecule has 0 saturated carbocycles. The van der Waals surface area contributed by atoms with Crippen molar-refractivity contribution in [3.8, 4) is 11.5 Å². The van der Waals surface area contributed by atoms with Gasteiger partial charge in [-0.05, 0) is 97.1 Å². The maximum Gasteiger partial charge on any atom is 0.206 e. The van der Waals surface area contributed by atoms with E-state index in [1.807, 2.05) is 0 Å². The van der Waals surface area contributed by atoms with E-state index in [0.29, 0.717) is 11.5 Å². The summed E-state index contributed by atoms with van der Waals surface area (Å²) < 4.78 is 87.9. The first-order valence-electron chi connectivity index (χ1n) is 10.7. The number of benzene rings is 4. The fourth-order valence-electron chi connectivity index (χ4n) is 3.51. The molecule has 4 aromatic rings. The van der Waals surface area contributed by atoms with Crippen LogP contribution in [0.3, 0.4) is 0 Å². The van der Waals surface area contributed by atoms with Crippen LogP contribution in [-0.2, 0) is 29.5 Å². The maximum atomic E-state index is 13.1. The highest BCUT2D eigenvalue weighted by molar-refractivity contribution is 7.92. The Morgan fingerprint density at radius 3 is 0.676 bits per heavy atom. The predicted octanol–water partition coefficient (Wildman–Crippen LogP) is 4.20. The van der Waals surface area contributed by atoms with E-state index in [1.165, 1.54) is 111 Å². The molecule has 0 aromatic heterocycles. The van der Waals surface area contributed by atoms with Crippen LogP contribution in [0.4, 0.5) is 0 Å². The minimum absolute atomic E-state index is 0.0394. The second-order valence-corrected chi connectivity index (χ2v) is 13.7. The van der Waals surface area contributed by atoms with E-state index in [-0.39, 0.29) is 29.4 Å². The molecule has 0 amide bonds. The molecule has 0 saturated heterocycles. The van der Waals surface area contributed by atoms with Gasteiger partial charge in [-0.3, -0.25) is 0 Å². The Balaban J connectivity index is 1.60. The van der Waals surface area contributed by atoms with Gasteiger partial charge in [0.25, 0.3) is 0 Å². The number of hydrogen-bond donors (Lipinski definition) is 0. The van der Waals surface area contributed by atoms with Crippen molar-refractivity contribution >= 4 is 29.5 Å². The van der Waals surface area contributed by atoms with Gasteiger partial charge in [-0.15, -0.1) is 0 Å². The predicted molar refractivity (Wildman–Crippen MR) is 135 cm³/mol. The van der Waals surface area contributed by atoms with Crippen molar-refractivity contribution in [2.24, 2.45) is 0 Å². The van der Waals surface area contributed by atoms with Crippen LogP contribution in [0.15, 0.2) is 126 Å². The number of sulfone groups is 3. The van der Waals surface area contributed by atoms with E-state index < -0.39 is 29.5 Å². The molecule has 0 atom stereocenters. The molecule has 192 valence electrons. The van der Waals surface area contributed by atoms with Crippen molar-refractivity contribution in [2.75, 3.05) is 14.2 Å². The summed E-state index contributed by atoms with van der Waals surface area (Å²) >= 11 is 0. The summed E-state index contributed by atoms with van der Waals surface area (Å²) in [7, 11) is -8.83. The third kappa shape index (κ3) is 5.10. The van der Waals surface area contributed by atoms with Gasteiger partial charge in [-0.2, -0.15) is 0 Å². The summed E-state index contributed by atoms with van der Waals surface area (Å²) in [6.45, 7) is 0. The molecule has 0 aliphatic rings. The Morgan fingerprint density at radius 1 is 0.351 bits per heavy atom. The van der Waals surface area contributed by atoms with Gasteiger partial charge in [0.2, 0.25) is 29.5 Å². The topological polar surface area (TPSA) is 121 Å². The number of methoxy groups -OCH3 is 2. The Labute approximate surface area is 215 Å². The van der Waals surface area contributed by atoms with Crippen LogP contribution in [0.25, 0.3) is 0 Å². The zero-order valence-electron chi connectivity index (χ0n) is 19.7. The van der Waals surface area contributed by atoms with Crippen LogP contribution in [-0.4, -0.2) is 39.5 Å². The standard InChI is InChI=1S/C26H22O8S3/c1-33-19-3-7-21(8-4-19)35(27,28)23-11-15-25(16-12-23)37(31,32)26-17-13-24(14-18-26)36(29,30)22-9-5-20(34-2)6-10-22/h3-18H,1-2H3. The SMILES string of the molecule is COc1ccc(S(=O)(=O)c2ccc(S(=O)(=O)c3ccc(S(=O)(=O)c4ccc(OC)cc4)cc3)cc2)cc1. The normalized spacial score (nSPS) is 12.2. The van der Waals surface area contributed by atoms with Gasteiger partial charge in [0.15, 0.2) is 0 Å². The smallest absolute Gasteiger partial charge is 0.206 e. The second-order valence-electron chi connectivity index (χ2n) is 7.80. The highest BCUT2D eigenvalue weighted by atomic mass is 32.2. The molecule has 0 unspecified atom stereocenters. The van der Waals surface area contributed by atoms with E-state index in [4.69, 9.17) is 9.47 Å². The molecule has 0 heterocycles. The van der Waals surface area contributed by atoms with E-state index >= 15 is 0 Å². The lowest BCUT2D eigenvalue weighted by Crippen LogP contribution is -2.06. The quantitative estimate of drug-likeness (QED) is 0.316. The van der Waals surface area contributed by atoms with Crippen molar-refractivity contribution in [1.82, 2.24) is 0 Å². The third-order valence-corrected chi connectivity index (χ3v) is 11.0. The summed E-state index contributed by atoms with van der Waals surface area (Å²) in [6, 6.07) is 21.4. The average Bonchev–Trinajstić information content (AvgIpc) is 2.93.